The molecule has 0 heterocycles. The maximum absolute atomic E-state index is 9.45. The zero-order valence-corrected chi connectivity index (χ0v) is 6.25. The molecule has 0 atom stereocenters. The lowest BCUT2D eigenvalue weighted by Crippen LogP contribution is -1.77. The minimum atomic E-state index is 0.248. The summed E-state index contributed by atoms with van der Waals surface area (Å²) in [5, 5.41) is 9.45. The first-order valence-corrected chi connectivity index (χ1v) is 3.36. The molecule has 1 heteroatoms. The molecule has 1 aromatic rings. The third-order valence-corrected chi connectivity index (χ3v) is 1.54. The summed E-state index contributed by atoms with van der Waals surface area (Å²) in [7, 11) is 0. The van der Waals surface area contributed by atoms with Gasteiger partial charge in [-0.1, -0.05) is 43.5 Å². The molecule has 11 heavy (non-hydrogen) atoms. The number of hydrogen-bond donors (Lipinski definition) is 1. The van der Waals surface area contributed by atoms with Crippen molar-refractivity contribution in [2.45, 2.75) is 0 Å². The number of hydrogen-bond acceptors (Lipinski definition) is 1. The van der Waals surface area contributed by atoms with Crippen molar-refractivity contribution in [2.75, 3.05) is 0 Å². The Morgan fingerprint density at radius 3 is 1.91 bits per heavy atom. The van der Waals surface area contributed by atoms with E-state index in [0.29, 0.717) is 0 Å². The second-order valence-corrected chi connectivity index (χ2v) is 2.19. The largest absolute Gasteiger partial charge is 0.507 e. The molecule has 0 amide bonds. The van der Waals surface area contributed by atoms with Crippen LogP contribution in [0.5, 0.6) is 5.75 Å². The lowest BCUT2D eigenvalue weighted by molar-refractivity contribution is 0.473. The highest BCUT2D eigenvalue weighted by atomic mass is 16.3. The Morgan fingerprint density at radius 1 is 1.09 bits per heavy atom. The molecular formula is C10H10O. The lowest BCUT2D eigenvalue weighted by atomic mass is 10.1. The Labute approximate surface area is 66.3 Å². The summed E-state index contributed by atoms with van der Waals surface area (Å²) in [5.41, 5.74) is 1.48. The van der Waals surface area contributed by atoms with E-state index < -0.39 is 0 Å². The molecule has 0 spiro atoms. The number of aromatic hydroxyl groups is 1. The summed E-state index contributed by atoms with van der Waals surface area (Å²) < 4.78 is 0. The number of phenolic OH excluding ortho intramolecular Hbond substituents is 1. The van der Waals surface area contributed by atoms with Crippen LogP contribution in [0.4, 0.5) is 0 Å². The van der Waals surface area contributed by atoms with Crippen LogP contribution in [-0.2, 0) is 0 Å². The van der Waals surface area contributed by atoms with Crippen LogP contribution in [0.3, 0.4) is 0 Å². The SMILES string of the molecule is C=Cc1cccc(C=C)c1O. The number of phenols is 1. The van der Waals surface area contributed by atoms with Crippen LogP contribution in [0.15, 0.2) is 31.4 Å². The second kappa shape index (κ2) is 3.06. The predicted molar refractivity (Wildman–Crippen MR) is 48.3 cm³/mol. The molecule has 0 radical (unpaired) electrons. The van der Waals surface area contributed by atoms with Gasteiger partial charge >= 0.3 is 0 Å². The van der Waals surface area contributed by atoms with E-state index in [2.05, 4.69) is 13.2 Å². The van der Waals surface area contributed by atoms with Crippen molar-refractivity contribution in [3.8, 4) is 5.75 Å². The zero-order valence-electron chi connectivity index (χ0n) is 6.25. The van der Waals surface area contributed by atoms with Crippen LogP contribution in [-0.4, -0.2) is 5.11 Å². The van der Waals surface area contributed by atoms with Crippen molar-refractivity contribution < 1.29 is 5.11 Å². The van der Waals surface area contributed by atoms with Gasteiger partial charge < -0.3 is 5.11 Å². The highest BCUT2D eigenvalue weighted by molar-refractivity contribution is 5.65. The van der Waals surface area contributed by atoms with Gasteiger partial charge in [-0.05, 0) is 0 Å². The van der Waals surface area contributed by atoms with E-state index in [0.717, 1.165) is 11.1 Å². The van der Waals surface area contributed by atoms with Crippen molar-refractivity contribution in [2.24, 2.45) is 0 Å². The Kier molecular flexibility index (Phi) is 2.12. The lowest BCUT2D eigenvalue weighted by Gasteiger charge is -2.01. The summed E-state index contributed by atoms with van der Waals surface area (Å²) in [6, 6.07) is 5.46. The summed E-state index contributed by atoms with van der Waals surface area (Å²) >= 11 is 0. The first-order chi connectivity index (χ1) is 5.29. The fraction of sp³-hybridized carbons (Fsp3) is 0. The molecule has 0 bridgehead atoms. The number of rotatable bonds is 2. The van der Waals surface area contributed by atoms with Gasteiger partial charge in [0.25, 0.3) is 0 Å². The Morgan fingerprint density at radius 2 is 1.55 bits per heavy atom. The maximum Gasteiger partial charge on any atom is 0.129 e. The van der Waals surface area contributed by atoms with Gasteiger partial charge in [0.2, 0.25) is 0 Å². The van der Waals surface area contributed by atoms with E-state index in [9.17, 15) is 5.11 Å². The highest BCUT2D eigenvalue weighted by Gasteiger charge is 1.98. The van der Waals surface area contributed by atoms with Crippen molar-refractivity contribution in [1.82, 2.24) is 0 Å². The van der Waals surface area contributed by atoms with Crippen molar-refractivity contribution in [1.29, 1.82) is 0 Å². The predicted octanol–water partition coefficient (Wildman–Crippen LogP) is 2.68. The van der Waals surface area contributed by atoms with Crippen molar-refractivity contribution in [3.05, 3.63) is 42.5 Å². The summed E-state index contributed by atoms with van der Waals surface area (Å²) in [5.74, 6) is 0.248. The molecule has 0 fully saturated rings. The molecule has 0 saturated heterocycles. The van der Waals surface area contributed by atoms with Gasteiger partial charge in [-0.3, -0.25) is 0 Å². The smallest absolute Gasteiger partial charge is 0.129 e. The minimum absolute atomic E-state index is 0.248. The summed E-state index contributed by atoms with van der Waals surface area (Å²) in [6.07, 6.45) is 3.23. The second-order valence-electron chi connectivity index (χ2n) is 2.19. The quantitative estimate of drug-likeness (QED) is 0.680. The first kappa shape index (κ1) is 7.61. The van der Waals surface area contributed by atoms with E-state index in [1.807, 2.05) is 6.07 Å². The standard InChI is InChI=1S/C10H10O/c1-3-8-6-5-7-9(4-2)10(8)11/h3-7,11H,1-2H2. The fourth-order valence-electron chi connectivity index (χ4n) is 0.909. The van der Waals surface area contributed by atoms with Crippen molar-refractivity contribution >= 4 is 12.2 Å². The zero-order chi connectivity index (χ0) is 8.27. The summed E-state index contributed by atoms with van der Waals surface area (Å²) in [4.78, 5) is 0. The molecule has 0 unspecified atom stereocenters. The Hall–Kier alpha value is -1.50. The Bertz CT molecular complexity index is 261. The average Bonchev–Trinajstić information content (AvgIpc) is 2.05. The number of benzene rings is 1. The minimum Gasteiger partial charge on any atom is -0.507 e. The molecule has 56 valence electrons. The van der Waals surface area contributed by atoms with Gasteiger partial charge in [0, 0.05) is 11.1 Å². The van der Waals surface area contributed by atoms with E-state index in [1.54, 1.807) is 24.3 Å². The van der Waals surface area contributed by atoms with Gasteiger partial charge in [0.05, 0.1) is 0 Å². The molecule has 1 nitrogen and oxygen atoms in total. The molecular weight excluding hydrogens is 136 g/mol. The van der Waals surface area contributed by atoms with Crippen LogP contribution in [0, 0.1) is 0 Å². The van der Waals surface area contributed by atoms with Crippen molar-refractivity contribution in [3.63, 3.8) is 0 Å². The summed E-state index contributed by atoms with van der Waals surface area (Å²) in [6.45, 7) is 7.15. The highest BCUT2D eigenvalue weighted by Crippen LogP contribution is 2.23. The van der Waals surface area contributed by atoms with Crippen LogP contribution < -0.4 is 0 Å². The van der Waals surface area contributed by atoms with Gasteiger partial charge in [-0.15, -0.1) is 0 Å². The van der Waals surface area contributed by atoms with Crippen LogP contribution in [0.25, 0.3) is 12.2 Å². The fourth-order valence-corrected chi connectivity index (χ4v) is 0.909. The van der Waals surface area contributed by atoms with Gasteiger partial charge in [0.15, 0.2) is 0 Å². The molecule has 0 saturated carbocycles. The van der Waals surface area contributed by atoms with Crippen LogP contribution in [0.2, 0.25) is 0 Å². The van der Waals surface area contributed by atoms with E-state index >= 15 is 0 Å². The molecule has 0 aliphatic heterocycles. The topological polar surface area (TPSA) is 20.2 Å². The molecule has 0 aromatic heterocycles. The third kappa shape index (κ3) is 1.32. The number of para-hydroxylation sites is 1. The molecule has 1 rings (SSSR count). The maximum atomic E-state index is 9.45. The van der Waals surface area contributed by atoms with Crippen LogP contribution in [0.1, 0.15) is 11.1 Å². The first-order valence-electron chi connectivity index (χ1n) is 3.36. The molecule has 1 N–H and O–H groups in total. The normalized spacial score (nSPS) is 9.09. The third-order valence-electron chi connectivity index (χ3n) is 1.54. The van der Waals surface area contributed by atoms with E-state index in [-0.39, 0.29) is 5.75 Å². The van der Waals surface area contributed by atoms with Gasteiger partial charge in [0.1, 0.15) is 5.75 Å². The molecule has 0 aliphatic carbocycles. The van der Waals surface area contributed by atoms with E-state index in [1.165, 1.54) is 0 Å². The van der Waals surface area contributed by atoms with Crippen LogP contribution >= 0.6 is 0 Å². The van der Waals surface area contributed by atoms with Gasteiger partial charge in [-0.25, -0.2) is 0 Å². The molecule has 1 aromatic carbocycles. The average molecular weight is 146 g/mol. The molecule has 0 aliphatic rings. The van der Waals surface area contributed by atoms with E-state index in [4.69, 9.17) is 0 Å². The monoisotopic (exact) mass is 146 g/mol. The van der Waals surface area contributed by atoms with Gasteiger partial charge in [-0.2, -0.15) is 0 Å². The Balaban J connectivity index is 3.30.